The van der Waals surface area contributed by atoms with Crippen molar-refractivity contribution in [2.45, 2.75) is 26.7 Å². The normalized spacial score (nSPS) is 11.5. The molecule has 110 valence electrons. The highest BCUT2D eigenvalue weighted by molar-refractivity contribution is 6.42. The second-order valence-electron chi connectivity index (χ2n) is 5.28. The first-order valence-electron chi connectivity index (χ1n) is 6.71. The molecule has 0 radical (unpaired) electrons. The predicted octanol–water partition coefficient (Wildman–Crippen LogP) is 5.88. The van der Waals surface area contributed by atoms with E-state index in [1.54, 1.807) is 24.4 Å². The molecule has 21 heavy (non-hydrogen) atoms. The van der Waals surface area contributed by atoms with E-state index in [0.29, 0.717) is 15.8 Å². The van der Waals surface area contributed by atoms with Crippen LogP contribution in [0.3, 0.4) is 0 Å². The monoisotopic (exact) mass is 321 g/mol. The van der Waals surface area contributed by atoms with Crippen molar-refractivity contribution in [1.29, 1.82) is 0 Å². The number of phenols is 1. The predicted molar refractivity (Wildman–Crippen MR) is 90.6 cm³/mol. The highest BCUT2D eigenvalue weighted by Crippen LogP contribution is 2.32. The molecule has 0 saturated carbocycles. The molecule has 0 bridgehead atoms. The molecule has 0 saturated heterocycles. The summed E-state index contributed by atoms with van der Waals surface area (Å²) < 4.78 is 0. The van der Waals surface area contributed by atoms with Gasteiger partial charge in [0.05, 0.1) is 15.7 Å². The lowest BCUT2D eigenvalue weighted by Crippen LogP contribution is -1.90. The Morgan fingerprint density at radius 3 is 2.43 bits per heavy atom. The van der Waals surface area contributed by atoms with Gasteiger partial charge in [0.15, 0.2) is 0 Å². The van der Waals surface area contributed by atoms with E-state index < -0.39 is 0 Å². The molecule has 0 spiro atoms. The number of benzene rings is 2. The molecule has 0 heterocycles. The zero-order valence-electron chi connectivity index (χ0n) is 12.2. The third kappa shape index (κ3) is 3.78. The Morgan fingerprint density at radius 1 is 1.10 bits per heavy atom. The topological polar surface area (TPSA) is 32.6 Å². The third-order valence-electron chi connectivity index (χ3n) is 3.26. The molecule has 0 amide bonds. The minimum absolute atomic E-state index is 0.240. The Balaban J connectivity index is 2.36. The number of aryl methyl sites for hydroxylation is 1. The summed E-state index contributed by atoms with van der Waals surface area (Å²) in [5.41, 5.74) is 3.53. The Kier molecular flexibility index (Phi) is 4.92. The Hall–Kier alpha value is -1.51. The maximum absolute atomic E-state index is 9.95. The van der Waals surface area contributed by atoms with Crippen molar-refractivity contribution >= 4 is 35.1 Å². The van der Waals surface area contributed by atoms with E-state index in [2.05, 4.69) is 4.99 Å². The molecular weight excluding hydrogens is 305 g/mol. The number of aromatic hydroxyl groups is 1. The van der Waals surface area contributed by atoms with E-state index >= 15 is 0 Å². The van der Waals surface area contributed by atoms with Crippen molar-refractivity contribution in [2.24, 2.45) is 4.99 Å². The van der Waals surface area contributed by atoms with Crippen LogP contribution < -0.4 is 0 Å². The van der Waals surface area contributed by atoms with Crippen molar-refractivity contribution in [2.75, 3.05) is 0 Å². The van der Waals surface area contributed by atoms with Gasteiger partial charge in [-0.3, -0.25) is 4.99 Å². The SMILES string of the molecule is Cc1cc(O)c(C(C)C)cc1N=Cc1ccc(Cl)c(Cl)c1. The maximum Gasteiger partial charge on any atom is 0.119 e. The molecule has 0 atom stereocenters. The fraction of sp³-hybridized carbons (Fsp3) is 0.235. The summed E-state index contributed by atoms with van der Waals surface area (Å²) in [5.74, 6) is 0.556. The Morgan fingerprint density at radius 2 is 1.81 bits per heavy atom. The van der Waals surface area contributed by atoms with Gasteiger partial charge >= 0.3 is 0 Å². The number of halogens is 2. The van der Waals surface area contributed by atoms with Gasteiger partial charge in [-0.2, -0.15) is 0 Å². The molecule has 2 aromatic rings. The van der Waals surface area contributed by atoms with E-state index in [0.717, 1.165) is 22.4 Å². The van der Waals surface area contributed by atoms with Gasteiger partial charge in [-0.15, -0.1) is 0 Å². The average Bonchev–Trinajstić information content (AvgIpc) is 2.41. The number of phenolic OH excluding ortho intramolecular Hbond substituents is 1. The van der Waals surface area contributed by atoms with E-state index in [9.17, 15) is 5.11 Å². The Bertz CT molecular complexity index is 693. The van der Waals surface area contributed by atoms with Crippen LogP contribution in [0.1, 0.15) is 36.5 Å². The van der Waals surface area contributed by atoms with Crippen LogP contribution in [0.2, 0.25) is 10.0 Å². The summed E-state index contributed by atoms with van der Waals surface area (Å²) in [6, 6.07) is 9.04. The van der Waals surface area contributed by atoms with Gasteiger partial charge in [0.1, 0.15) is 5.75 Å². The molecule has 0 aromatic heterocycles. The van der Waals surface area contributed by atoms with Gasteiger partial charge in [0, 0.05) is 6.21 Å². The van der Waals surface area contributed by atoms with Gasteiger partial charge in [0.2, 0.25) is 0 Å². The number of nitrogens with zero attached hydrogens (tertiary/aromatic N) is 1. The largest absolute Gasteiger partial charge is 0.508 e. The van der Waals surface area contributed by atoms with E-state index in [-0.39, 0.29) is 5.92 Å². The van der Waals surface area contributed by atoms with Crippen molar-refractivity contribution in [3.63, 3.8) is 0 Å². The lowest BCUT2D eigenvalue weighted by atomic mass is 9.99. The quantitative estimate of drug-likeness (QED) is 0.703. The van der Waals surface area contributed by atoms with Gasteiger partial charge in [-0.1, -0.05) is 43.1 Å². The van der Waals surface area contributed by atoms with Crippen molar-refractivity contribution in [3.05, 3.63) is 57.1 Å². The lowest BCUT2D eigenvalue weighted by molar-refractivity contribution is 0.464. The first-order chi connectivity index (χ1) is 9.88. The summed E-state index contributed by atoms with van der Waals surface area (Å²) in [5, 5.41) is 11.0. The van der Waals surface area contributed by atoms with Crippen LogP contribution in [-0.4, -0.2) is 11.3 Å². The first-order valence-corrected chi connectivity index (χ1v) is 7.46. The molecule has 2 rings (SSSR count). The first kappa shape index (κ1) is 15.9. The van der Waals surface area contributed by atoms with Crippen LogP contribution in [0.5, 0.6) is 5.75 Å². The average molecular weight is 322 g/mol. The summed E-state index contributed by atoms with van der Waals surface area (Å²) >= 11 is 11.9. The smallest absolute Gasteiger partial charge is 0.119 e. The lowest BCUT2D eigenvalue weighted by Gasteiger charge is -2.11. The van der Waals surface area contributed by atoms with Crippen LogP contribution >= 0.6 is 23.2 Å². The van der Waals surface area contributed by atoms with Crippen LogP contribution in [0.4, 0.5) is 5.69 Å². The molecule has 0 unspecified atom stereocenters. The molecule has 0 aliphatic rings. The minimum Gasteiger partial charge on any atom is -0.508 e. The summed E-state index contributed by atoms with van der Waals surface area (Å²) in [6.45, 7) is 6.00. The van der Waals surface area contributed by atoms with Crippen molar-refractivity contribution in [3.8, 4) is 5.75 Å². The van der Waals surface area contributed by atoms with E-state index in [4.69, 9.17) is 23.2 Å². The molecule has 0 aliphatic heterocycles. The third-order valence-corrected chi connectivity index (χ3v) is 4.00. The highest BCUT2D eigenvalue weighted by Gasteiger charge is 2.09. The standard InChI is InChI=1S/C17H17Cl2NO/c1-10(2)13-8-16(11(3)6-17(13)21)20-9-12-4-5-14(18)15(19)7-12/h4-10,21H,1-3H3. The number of rotatable bonds is 3. The summed E-state index contributed by atoms with van der Waals surface area (Å²) in [4.78, 5) is 4.49. The molecule has 2 aromatic carbocycles. The molecular formula is C17H17Cl2NO. The molecule has 1 N–H and O–H groups in total. The van der Waals surface area contributed by atoms with Gasteiger partial charge in [0.25, 0.3) is 0 Å². The summed E-state index contributed by atoms with van der Waals surface area (Å²) in [7, 11) is 0. The van der Waals surface area contributed by atoms with Crippen LogP contribution in [-0.2, 0) is 0 Å². The fourth-order valence-corrected chi connectivity index (χ4v) is 2.34. The van der Waals surface area contributed by atoms with Crippen molar-refractivity contribution in [1.82, 2.24) is 0 Å². The number of hydrogen-bond acceptors (Lipinski definition) is 2. The summed E-state index contributed by atoms with van der Waals surface area (Å²) in [6.07, 6.45) is 1.74. The molecule has 2 nitrogen and oxygen atoms in total. The van der Waals surface area contributed by atoms with Gasteiger partial charge in [-0.25, -0.2) is 0 Å². The minimum atomic E-state index is 0.240. The van der Waals surface area contributed by atoms with Crippen LogP contribution in [0.15, 0.2) is 35.3 Å². The zero-order chi connectivity index (χ0) is 15.6. The van der Waals surface area contributed by atoms with Crippen LogP contribution in [0, 0.1) is 6.92 Å². The van der Waals surface area contributed by atoms with E-state index in [1.807, 2.05) is 32.9 Å². The number of hydrogen-bond donors (Lipinski definition) is 1. The maximum atomic E-state index is 9.95. The molecule has 4 heteroatoms. The molecule has 0 aliphatic carbocycles. The second kappa shape index (κ2) is 6.50. The zero-order valence-corrected chi connectivity index (χ0v) is 13.7. The Labute approximate surface area is 135 Å². The van der Waals surface area contributed by atoms with Gasteiger partial charge in [-0.05, 0) is 53.8 Å². The molecule has 0 fully saturated rings. The van der Waals surface area contributed by atoms with Crippen LogP contribution in [0.25, 0.3) is 0 Å². The highest BCUT2D eigenvalue weighted by atomic mass is 35.5. The van der Waals surface area contributed by atoms with Crippen molar-refractivity contribution < 1.29 is 5.11 Å². The fourth-order valence-electron chi connectivity index (χ4n) is 2.04. The van der Waals surface area contributed by atoms with Gasteiger partial charge < -0.3 is 5.11 Å². The van der Waals surface area contributed by atoms with E-state index in [1.165, 1.54) is 0 Å². The number of aliphatic imine (C=N–C) groups is 1. The second-order valence-corrected chi connectivity index (χ2v) is 6.10.